The summed E-state index contributed by atoms with van der Waals surface area (Å²) < 4.78 is 18.0. The molecule has 4 heterocycles. The van der Waals surface area contributed by atoms with E-state index in [-0.39, 0.29) is 17.4 Å². The van der Waals surface area contributed by atoms with Crippen LogP contribution in [0.2, 0.25) is 0 Å². The maximum atomic E-state index is 13.6. The Morgan fingerprint density at radius 3 is 2.62 bits per heavy atom. The molecule has 1 aliphatic heterocycles. The van der Waals surface area contributed by atoms with E-state index in [1.54, 1.807) is 30.5 Å². The molecule has 0 spiro atoms. The van der Waals surface area contributed by atoms with Gasteiger partial charge in [-0.2, -0.15) is 0 Å². The summed E-state index contributed by atoms with van der Waals surface area (Å²) in [4.78, 5) is 19.6. The van der Waals surface area contributed by atoms with Gasteiger partial charge in [0, 0.05) is 28.2 Å². The molecule has 4 aromatic rings. The van der Waals surface area contributed by atoms with E-state index in [4.69, 9.17) is 0 Å². The molecule has 1 atom stereocenters. The minimum Gasteiger partial charge on any atom is -0.294 e. The van der Waals surface area contributed by atoms with Gasteiger partial charge in [-0.05, 0) is 85.2 Å². The molecule has 1 fully saturated rings. The first-order valence-corrected chi connectivity index (χ1v) is 13.0. The van der Waals surface area contributed by atoms with E-state index in [1.807, 2.05) is 10.6 Å². The van der Waals surface area contributed by atoms with Gasteiger partial charge in [0.15, 0.2) is 11.0 Å². The summed E-state index contributed by atoms with van der Waals surface area (Å²) in [5, 5.41) is 9.71. The standard InChI is InChI=1S/C24H24BrFN6OS/c1-16(30-11-3-2-4-12-30)23-28-29-24(32(23)20-8-6-18(26)7-9-20)34-15-19-13-22(33)31-14-17(25)5-10-21(31)27-19/h5-10,13-14,16H,2-4,11-12,15H2,1H3. The lowest BCUT2D eigenvalue weighted by molar-refractivity contribution is 0.167. The first-order valence-electron chi connectivity index (χ1n) is 11.3. The van der Waals surface area contributed by atoms with Crippen molar-refractivity contribution in [1.29, 1.82) is 0 Å². The Labute approximate surface area is 209 Å². The van der Waals surface area contributed by atoms with Crippen LogP contribution in [0, 0.1) is 5.82 Å². The van der Waals surface area contributed by atoms with E-state index in [0.29, 0.717) is 22.3 Å². The average molecular weight is 543 g/mol. The molecule has 3 aromatic heterocycles. The van der Waals surface area contributed by atoms with Crippen molar-refractivity contribution in [2.45, 2.75) is 43.1 Å². The fourth-order valence-corrected chi connectivity index (χ4v) is 5.47. The molecule has 7 nitrogen and oxygen atoms in total. The molecular weight excluding hydrogens is 519 g/mol. The van der Waals surface area contributed by atoms with Crippen molar-refractivity contribution in [3.05, 3.63) is 80.8 Å². The average Bonchev–Trinajstić information content (AvgIpc) is 3.27. The van der Waals surface area contributed by atoms with E-state index in [0.717, 1.165) is 29.1 Å². The molecule has 1 aromatic carbocycles. The summed E-state index contributed by atoms with van der Waals surface area (Å²) in [5.74, 6) is 0.996. The molecule has 34 heavy (non-hydrogen) atoms. The van der Waals surface area contributed by atoms with E-state index >= 15 is 0 Å². The molecule has 0 radical (unpaired) electrons. The zero-order valence-corrected chi connectivity index (χ0v) is 21.1. The third kappa shape index (κ3) is 4.80. The van der Waals surface area contributed by atoms with E-state index in [1.165, 1.54) is 47.6 Å². The number of benzene rings is 1. The quantitative estimate of drug-likeness (QED) is 0.319. The van der Waals surface area contributed by atoms with Crippen LogP contribution in [0.5, 0.6) is 0 Å². The molecule has 0 saturated carbocycles. The summed E-state index contributed by atoms with van der Waals surface area (Å²) in [6.07, 6.45) is 5.32. The van der Waals surface area contributed by atoms with Gasteiger partial charge in [-0.1, -0.05) is 18.2 Å². The highest BCUT2D eigenvalue weighted by Gasteiger charge is 2.25. The van der Waals surface area contributed by atoms with Gasteiger partial charge < -0.3 is 0 Å². The minimum atomic E-state index is -0.288. The summed E-state index contributed by atoms with van der Waals surface area (Å²) in [7, 11) is 0. The van der Waals surface area contributed by atoms with Crippen LogP contribution in [-0.4, -0.2) is 42.1 Å². The van der Waals surface area contributed by atoms with E-state index < -0.39 is 0 Å². The van der Waals surface area contributed by atoms with Crippen molar-refractivity contribution in [2.75, 3.05) is 13.1 Å². The maximum Gasteiger partial charge on any atom is 0.258 e. The lowest BCUT2D eigenvalue weighted by Gasteiger charge is -2.31. The zero-order valence-electron chi connectivity index (χ0n) is 18.7. The Morgan fingerprint density at radius 1 is 1.09 bits per heavy atom. The number of nitrogens with zero attached hydrogens (tertiary/aromatic N) is 6. The largest absolute Gasteiger partial charge is 0.294 e. The van der Waals surface area contributed by atoms with Crippen LogP contribution in [0.25, 0.3) is 11.3 Å². The van der Waals surface area contributed by atoms with Crippen LogP contribution in [-0.2, 0) is 5.75 Å². The number of likely N-dealkylation sites (tertiary alicyclic amines) is 1. The van der Waals surface area contributed by atoms with Crippen molar-refractivity contribution in [3.8, 4) is 5.69 Å². The van der Waals surface area contributed by atoms with E-state index in [2.05, 4.69) is 42.9 Å². The SMILES string of the molecule is CC(c1nnc(SCc2cc(=O)n3cc(Br)ccc3n2)n1-c1ccc(F)cc1)N1CCCCC1. The van der Waals surface area contributed by atoms with Crippen molar-refractivity contribution in [1.82, 2.24) is 29.0 Å². The topological polar surface area (TPSA) is 68.3 Å². The van der Waals surface area contributed by atoms with Crippen LogP contribution in [0.3, 0.4) is 0 Å². The molecular formula is C24H24BrFN6OS. The number of hydrogen-bond acceptors (Lipinski definition) is 6. The fraction of sp³-hybridized carbons (Fsp3) is 0.333. The van der Waals surface area contributed by atoms with E-state index in [9.17, 15) is 9.18 Å². The molecule has 1 unspecified atom stereocenters. The van der Waals surface area contributed by atoms with Crippen molar-refractivity contribution < 1.29 is 4.39 Å². The molecule has 0 bridgehead atoms. The smallest absolute Gasteiger partial charge is 0.258 e. The van der Waals surface area contributed by atoms with Gasteiger partial charge in [-0.15, -0.1) is 10.2 Å². The van der Waals surface area contributed by atoms with Crippen LogP contribution in [0.1, 0.15) is 43.7 Å². The lowest BCUT2D eigenvalue weighted by atomic mass is 10.1. The number of pyridine rings is 1. The molecule has 1 saturated heterocycles. The molecule has 0 N–H and O–H groups in total. The van der Waals surface area contributed by atoms with Gasteiger partial charge in [0.2, 0.25) is 0 Å². The predicted octanol–water partition coefficient (Wildman–Crippen LogP) is 5.02. The highest BCUT2D eigenvalue weighted by molar-refractivity contribution is 9.10. The Bertz CT molecular complexity index is 1370. The number of hydrogen-bond donors (Lipinski definition) is 0. The third-order valence-electron chi connectivity index (χ3n) is 6.08. The van der Waals surface area contributed by atoms with Crippen molar-refractivity contribution in [2.24, 2.45) is 0 Å². The first kappa shape index (κ1) is 23.2. The van der Waals surface area contributed by atoms with Crippen molar-refractivity contribution >= 4 is 33.3 Å². The fourth-order valence-electron chi connectivity index (χ4n) is 4.29. The Kier molecular flexibility index (Phi) is 6.80. The second-order valence-corrected chi connectivity index (χ2v) is 10.2. The summed E-state index contributed by atoms with van der Waals surface area (Å²) in [5.41, 5.74) is 1.92. The summed E-state index contributed by atoms with van der Waals surface area (Å²) >= 11 is 4.85. The normalized spacial score (nSPS) is 15.6. The molecule has 176 valence electrons. The highest BCUT2D eigenvalue weighted by Crippen LogP contribution is 2.30. The molecule has 10 heteroatoms. The Balaban J connectivity index is 1.47. The second kappa shape index (κ2) is 9.97. The van der Waals surface area contributed by atoms with Gasteiger partial charge in [-0.3, -0.25) is 18.7 Å². The van der Waals surface area contributed by atoms with Crippen LogP contribution >= 0.6 is 27.7 Å². The molecule has 1 aliphatic rings. The van der Waals surface area contributed by atoms with Gasteiger partial charge >= 0.3 is 0 Å². The number of thioether (sulfide) groups is 1. The molecule has 0 amide bonds. The summed E-state index contributed by atoms with van der Waals surface area (Å²) in [6, 6.07) is 11.7. The summed E-state index contributed by atoms with van der Waals surface area (Å²) in [6.45, 7) is 4.20. The Morgan fingerprint density at radius 2 is 1.85 bits per heavy atom. The molecule has 0 aliphatic carbocycles. The van der Waals surface area contributed by atoms with Crippen molar-refractivity contribution in [3.63, 3.8) is 0 Å². The molecule has 5 rings (SSSR count). The third-order valence-corrected chi connectivity index (χ3v) is 7.51. The monoisotopic (exact) mass is 542 g/mol. The van der Waals surface area contributed by atoms with Crippen LogP contribution in [0.15, 0.2) is 63.1 Å². The Hall–Kier alpha value is -2.56. The van der Waals surface area contributed by atoms with Gasteiger partial charge in [0.05, 0.1) is 11.7 Å². The number of halogens is 2. The van der Waals surface area contributed by atoms with Crippen LogP contribution < -0.4 is 5.56 Å². The first-order chi connectivity index (χ1) is 16.5. The maximum absolute atomic E-state index is 13.6. The highest BCUT2D eigenvalue weighted by atomic mass is 79.9. The minimum absolute atomic E-state index is 0.0779. The predicted molar refractivity (Wildman–Crippen MR) is 134 cm³/mol. The number of fused-ring (bicyclic) bond motifs is 1. The number of rotatable bonds is 6. The second-order valence-electron chi connectivity index (χ2n) is 8.38. The van der Waals surface area contributed by atoms with Gasteiger partial charge in [0.25, 0.3) is 5.56 Å². The number of piperidine rings is 1. The van der Waals surface area contributed by atoms with Gasteiger partial charge in [0.1, 0.15) is 11.5 Å². The number of aromatic nitrogens is 5. The van der Waals surface area contributed by atoms with Crippen LogP contribution in [0.4, 0.5) is 4.39 Å². The van der Waals surface area contributed by atoms with Gasteiger partial charge in [-0.25, -0.2) is 9.37 Å². The lowest BCUT2D eigenvalue weighted by Crippen LogP contribution is -2.33. The zero-order chi connectivity index (χ0) is 23.7.